The second-order valence-corrected chi connectivity index (χ2v) is 7.13. The first-order valence-corrected chi connectivity index (χ1v) is 8.49. The zero-order chi connectivity index (χ0) is 16.7. The predicted octanol–water partition coefficient (Wildman–Crippen LogP) is 1.05. The maximum absolute atomic E-state index is 11.8. The molecule has 2 atom stereocenters. The fraction of sp³-hybridized carbons (Fsp3) is 0.500. The molecule has 4 rings (SSSR count). The molecule has 0 saturated carbocycles. The molecule has 0 amide bonds. The van der Waals surface area contributed by atoms with Crippen LogP contribution in [0, 0.1) is 18.8 Å². The molecule has 2 saturated heterocycles. The van der Waals surface area contributed by atoms with E-state index in [2.05, 4.69) is 26.7 Å². The van der Waals surface area contributed by atoms with Gasteiger partial charge in [-0.2, -0.15) is 0 Å². The minimum Gasteiger partial charge on any atom is -0.356 e. The predicted molar refractivity (Wildman–Crippen MR) is 92.9 cm³/mol. The lowest BCUT2D eigenvalue weighted by atomic mass is 10.0. The molecule has 2 aliphatic rings. The van der Waals surface area contributed by atoms with Gasteiger partial charge in [0.2, 0.25) is 0 Å². The lowest BCUT2D eigenvalue weighted by molar-refractivity contribution is 0.308. The molecule has 2 aliphatic heterocycles. The molecule has 0 bridgehead atoms. The van der Waals surface area contributed by atoms with Gasteiger partial charge in [-0.05, 0) is 30.4 Å². The van der Waals surface area contributed by atoms with Gasteiger partial charge in [-0.15, -0.1) is 0 Å². The molecule has 0 aliphatic carbocycles. The highest BCUT2D eigenvalue weighted by atomic mass is 16.1. The number of hydrogen-bond acceptors (Lipinski definition) is 5. The average Bonchev–Trinajstić information content (AvgIpc) is 3.09. The monoisotopic (exact) mass is 325 g/mol. The van der Waals surface area contributed by atoms with Crippen LogP contribution in [-0.4, -0.2) is 45.6 Å². The number of pyridine rings is 1. The van der Waals surface area contributed by atoms with Crippen LogP contribution in [-0.2, 0) is 13.6 Å². The minimum atomic E-state index is 0.0669. The molecule has 0 spiro atoms. The first-order valence-electron chi connectivity index (χ1n) is 8.49. The van der Waals surface area contributed by atoms with E-state index in [0.29, 0.717) is 11.8 Å². The molecular weight excluding hydrogens is 302 g/mol. The highest BCUT2D eigenvalue weighted by molar-refractivity contribution is 5.46. The van der Waals surface area contributed by atoms with E-state index in [1.165, 1.54) is 0 Å². The van der Waals surface area contributed by atoms with Crippen molar-refractivity contribution in [1.82, 2.24) is 19.4 Å². The molecule has 6 nitrogen and oxygen atoms in total. The van der Waals surface area contributed by atoms with Crippen LogP contribution in [0.3, 0.4) is 0 Å². The van der Waals surface area contributed by atoms with Crippen molar-refractivity contribution in [1.29, 1.82) is 0 Å². The van der Waals surface area contributed by atoms with E-state index < -0.39 is 0 Å². The van der Waals surface area contributed by atoms with Gasteiger partial charge in [0, 0.05) is 63.8 Å². The SMILES string of the molecule is Cc1cncnc1N1CC2CN(Cc3ccn(C)c(=O)c3)CC2C1. The van der Waals surface area contributed by atoms with Crippen molar-refractivity contribution < 1.29 is 0 Å². The van der Waals surface area contributed by atoms with Crippen LogP contribution in [0.15, 0.2) is 35.6 Å². The highest BCUT2D eigenvalue weighted by Crippen LogP contribution is 2.34. The Bertz CT molecular complexity index is 788. The van der Waals surface area contributed by atoms with Gasteiger partial charge in [-0.3, -0.25) is 9.69 Å². The van der Waals surface area contributed by atoms with Gasteiger partial charge in [0.1, 0.15) is 12.1 Å². The Balaban J connectivity index is 1.40. The summed E-state index contributed by atoms with van der Waals surface area (Å²) in [6.45, 7) is 7.27. The fourth-order valence-corrected chi connectivity index (χ4v) is 4.06. The molecule has 24 heavy (non-hydrogen) atoms. The van der Waals surface area contributed by atoms with Gasteiger partial charge in [-0.25, -0.2) is 9.97 Å². The van der Waals surface area contributed by atoms with Gasteiger partial charge >= 0.3 is 0 Å². The summed E-state index contributed by atoms with van der Waals surface area (Å²) in [5.74, 6) is 2.45. The van der Waals surface area contributed by atoms with Crippen molar-refractivity contribution in [3.8, 4) is 0 Å². The largest absolute Gasteiger partial charge is 0.356 e. The number of aryl methyl sites for hydroxylation is 2. The molecule has 0 aromatic carbocycles. The number of anilines is 1. The van der Waals surface area contributed by atoms with Crippen LogP contribution in [0.2, 0.25) is 0 Å². The van der Waals surface area contributed by atoms with E-state index in [9.17, 15) is 4.79 Å². The molecule has 0 N–H and O–H groups in total. The summed E-state index contributed by atoms with van der Waals surface area (Å²) < 4.78 is 1.62. The Morgan fingerprint density at radius 1 is 1.21 bits per heavy atom. The highest BCUT2D eigenvalue weighted by Gasteiger charge is 2.40. The first-order chi connectivity index (χ1) is 11.6. The van der Waals surface area contributed by atoms with Crippen LogP contribution in [0.25, 0.3) is 0 Å². The van der Waals surface area contributed by atoms with Crippen LogP contribution in [0.4, 0.5) is 5.82 Å². The van der Waals surface area contributed by atoms with Gasteiger partial charge in [-0.1, -0.05) is 0 Å². The van der Waals surface area contributed by atoms with E-state index >= 15 is 0 Å². The van der Waals surface area contributed by atoms with Crippen LogP contribution in [0.5, 0.6) is 0 Å². The molecule has 0 radical (unpaired) electrons. The maximum atomic E-state index is 11.8. The second kappa shape index (κ2) is 6.02. The number of aromatic nitrogens is 3. The van der Waals surface area contributed by atoms with Gasteiger partial charge in [0.25, 0.3) is 5.56 Å². The zero-order valence-electron chi connectivity index (χ0n) is 14.2. The van der Waals surface area contributed by atoms with E-state index in [1.54, 1.807) is 24.0 Å². The van der Waals surface area contributed by atoms with Crippen molar-refractivity contribution in [2.75, 3.05) is 31.1 Å². The quantitative estimate of drug-likeness (QED) is 0.844. The summed E-state index contributed by atoms with van der Waals surface area (Å²) in [4.78, 5) is 25.2. The topological polar surface area (TPSA) is 54.3 Å². The Hall–Kier alpha value is -2.21. The number of rotatable bonds is 3. The minimum absolute atomic E-state index is 0.0669. The van der Waals surface area contributed by atoms with E-state index in [4.69, 9.17) is 0 Å². The van der Waals surface area contributed by atoms with Crippen molar-refractivity contribution >= 4 is 5.82 Å². The third-order valence-corrected chi connectivity index (χ3v) is 5.30. The van der Waals surface area contributed by atoms with Crippen LogP contribution in [0.1, 0.15) is 11.1 Å². The fourth-order valence-electron chi connectivity index (χ4n) is 4.06. The molecule has 2 unspecified atom stereocenters. The van der Waals surface area contributed by atoms with Crippen molar-refractivity contribution in [2.24, 2.45) is 18.9 Å². The summed E-state index contributed by atoms with van der Waals surface area (Å²) in [5.41, 5.74) is 2.33. The van der Waals surface area contributed by atoms with Gasteiger partial charge in [0.15, 0.2) is 0 Å². The molecule has 2 fully saturated rings. The van der Waals surface area contributed by atoms with Crippen LogP contribution < -0.4 is 10.5 Å². The third kappa shape index (κ3) is 2.82. The molecule has 6 heteroatoms. The summed E-state index contributed by atoms with van der Waals surface area (Å²) >= 11 is 0. The number of nitrogens with zero attached hydrogens (tertiary/aromatic N) is 5. The Morgan fingerprint density at radius 3 is 2.62 bits per heavy atom. The molecule has 2 aromatic heterocycles. The zero-order valence-corrected chi connectivity index (χ0v) is 14.2. The van der Waals surface area contributed by atoms with E-state index in [1.807, 2.05) is 18.5 Å². The standard InChI is InChI=1S/C18H23N5O/c1-13-6-19-12-20-18(13)23-10-15-8-22(9-16(15)11-23)7-14-3-4-21(2)17(24)5-14/h3-6,12,15-16H,7-11H2,1-2H3. The number of likely N-dealkylation sites (tertiary alicyclic amines) is 1. The third-order valence-electron chi connectivity index (χ3n) is 5.30. The number of fused-ring (bicyclic) bond motifs is 1. The van der Waals surface area contributed by atoms with E-state index in [-0.39, 0.29) is 5.56 Å². The summed E-state index contributed by atoms with van der Waals surface area (Å²) in [6.07, 6.45) is 5.38. The average molecular weight is 325 g/mol. The van der Waals surface area contributed by atoms with Gasteiger partial charge in [0.05, 0.1) is 0 Å². The van der Waals surface area contributed by atoms with Crippen molar-refractivity contribution in [2.45, 2.75) is 13.5 Å². The lowest BCUT2D eigenvalue weighted by Crippen LogP contribution is -2.30. The maximum Gasteiger partial charge on any atom is 0.250 e. The number of hydrogen-bond donors (Lipinski definition) is 0. The second-order valence-electron chi connectivity index (χ2n) is 7.13. The summed E-state index contributed by atoms with van der Waals surface area (Å²) in [5, 5.41) is 0. The molecule has 126 valence electrons. The Kier molecular flexibility index (Phi) is 3.84. The van der Waals surface area contributed by atoms with Crippen LogP contribution >= 0.6 is 0 Å². The summed E-state index contributed by atoms with van der Waals surface area (Å²) in [7, 11) is 1.79. The molecule has 4 heterocycles. The van der Waals surface area contributed by atoms with Crippen molar-refractivity contribution in [3.05, 3.63) is 52.3 Å². The smallest absolute Gasteiger partial charge is 0.250 e. The van der Waals surface area contributed by atoms with Crippen molar-refractivity contribution in [3.63, 3.8) is 0 Å². The van der Waals surface area contributed by atoms with Gasteiger partial charge < -0.3 is 9.47 Å². The normalized spacial score (nSPS) is 23.7. The Labute approximate surface area is 141 Å². The first kappa shape index (κ1) is 15.3. The molecular formula is C18H23N5O. The summed E-state index contributed by atoms with van der Waals surface area (Å²) in [6, 6.07) is 3.80. The lowest BCUT2D eigenvalue weighted by Gasteiger charge is -2.23. The van der Waals surface area contributed by atoms with E-state index in [0.717, 1.165) is 49.7 Å². The Morgan fingerprint density at radius 2 is 1.96 bits per heavy atom. The molecule has 2 aromatic rings.